The number of piperidine rings is 1. The van der Waals surface area contributed by atoms with Gasteiger partial charge in [-0.2, -0.15) is 4.98 Å². The number of nitrogens with zero attached hydrogens (tertiary/aromatic N) is 4. The van der Waals surface area contributed by atoms with Gasteiger partial charge in [-0.3, -0.25) is 4.90 Å². The molecule has 3 heterocycles. The Hall–Kier alpha value is -1.47. The van der Waals surface area contributed by atoms with Crippen molar-refractivity contribution in [1.29, 1.82) is 0 Å². The molecule has 0 aliphatic carbocycles. The Kier molecular flexibility index (Phi) is 4.21. The molecule has 1 saturated heterocycles. The van der Waals surface area contributed by atoms with Crippen LogP contribution < -0.4 is 5.73 Å². The Morgan fingerprint density at radius 3 is 3.05 bits per heavy atom. The monoisotopic (exact) mass is 307 g/mol. The summed E-state index contributed by atoms with van der Waals surface area (Å²) in [5, 5.41) is 4.80. The average molecular weight is 307 g/mol. The molecule has 7 heteroatoms. The van der Waals surface area contributed by atoms with Gasteiger partial charge in [0.25, 0.3) is 0 Å². The highest BCUT2D eigenvalue weighted by Crippen LogP contribution is 2.28. The highest BCUT2D eigenvalue weighted by molar-refractivity contribution is 7.15. The van der Waals surface area contributed by atoms with Gasteiger partial charge in [-0.15, -0.1) is 11.3 Å². The van der Waals surface area contributed by atoms with Gasteiger partial charge in [0.15, 0.2) is 11.0 Å². The molecule has 0 bridgehead atoms. The maximum absolute atomic E-state index is 5.69. The molecule has 0 amide bonds. The Labute approximate surface area is 128 Å². The highest BCUT2D eigenvalue weighted by Gasteiger charge is 2.26. The van der Waals surface area contributed by atoms with Crippen molar-refractivity contribution in [2.45, 2.75) is 45.1 Å². The predicted octanol–water partition coefficient (Wildman–Crippen LogP) is 2.61. The summed E-state index contributed by atoms with van der Waals surface area (Å²) in [5.41, 5.74) is 5.69. The molecule has 0 radical (unpaired) electrons. The van der Waals surface area contributed by atoms with Gasteiger partial charge in [-0.05, 0) is 19.4 Å². The zero-order valence-electron chi connectivity index (χ0n) is 12.5. The first-order valence-electron chi connectivity index (χ1n) is 7.38. The maximum Gasteiger partial charge on any atom is 0.229 e. The lowest BCUT2D eigenvalue weighted by Gasteiger charge is -2.30. The van der Waals surface area contributed by atoms with E-state index in [9.17, 15) is 0 Å². The molecule has 21 heavy (non-hydrogen) atoms. The fourth-order valence-corrected chi connectivity index (χ4v) is 3.40. The molecule has 3 rings (SSSR count). The summed E-state index contributed by atoms with van der Waals surface area (Å²) in [4.78, 5) is 12.3. The summed E-state index contributed by atoms with van der Waals surface area (Å²) in [6.07, 6.45) is 4.15. The summed E-state index contributed by atoms with van der Waals surface area (Å²) in [6.45, 7) is 7.11. The fraction of sp³-hybridized carbons (Fsp3) is 0.643. The van der Waals surface area contributed by atoms with Crippen LogP contribution in [0.1, 0.15) is 55.1 Å². The first-order chi connectivity index (χ1) is 10.1. The van der Waals surface area contributed by atoms with E-state index in [1.807, 2.05) is 6.20 Å². The highest BCUT2D eigenvalue weighted by atomic mass is 32.1. The molecular weight excluding hydrogens is 286 g/mol. The van der Waals surface area contributed by atoms with E-state index >= 15 is 0 Å². The minimum Gasteiger partial charge on any atom is -0.375 e. The Morgan fingerprint density at radius 2 is 2.38 bits per heavy atom. The van der Waals surface area contributed by atoms with Gasteiger partial charge in [0, 0.05) is 36.0 Å². The van der Waals surface area contributed by atoms with Crippen molar-refractivity contribution in [2.75, 3.05) is 18.8 Å². The van der Waals surface area contributed by atoms with Crippen molar-refractivity contribution >= 4 is 16.5 Å². The van der Waals surface area contributed by atoms with E-state index in [-0.39, 0.29) is 5.92 Å². The lowest BCUT2D eigenvalue weighted by molar-refractivity contribution is 0.196. The standard InChI is InChI=1S/C14H21N5OS/c1-9(2)13-17-12(18-20-13)10-4-3-5-19(7-10)8-11-6-16-14(15)21-11/h6,9-10H,3-5,7-8H2,1-2H3,(H2,15,16). The van der Waals surface area contributed by atoms with Crippen molar-refractivity contribution in [1.82, 2.24) is 20.0 Å². The maximum atomic E-state index is 5.69. The van der Waals surface area contributed by atoms with Crippen molar-refractivity contribution in [3.8, 4) is 0 Å². The second-order valence-corrected chi connectivity index (χ2v) is 7.03. The van der Waals surface area contributed by atoms with Crippen molar-refractivity contribution in [2.24, 2.45) is 0 Å². The molecule has 1 aliphatic rings. The van der Waals surface area contributed by atoms with E-state index in [4.69, 9.17) is 10.3 Å². The molecule has 0 saturated carbocycles. The van der Waals surface area contributed by atoms with Crippen LogP contribution >= 0.6 is 11.3 Å². The second kappa shape index (κ2) is 6.11. The van der Waals surface area contributed by atoms with Crippen LogP contribution in [0.15, 0.2) is 10.7 Å². The van der Waals surface area contributed by atoms with Crippen LogP contribution in [-0.2, 0) is 6.54 Å². The molecule has 114 valence electrons. The first-order valence-corrected chi connectivity index (χ1v) is 8.19. The van der Waals surface area contributed by atoms with E-state index < -0.39 is 0 Å². The van der Waals surface area contributed by atoms with Crippen LogP contribution in [0.4, 0.5) is 5.13 Å². The van der Waals surface area contributed by atoms with Crippen LogP contribution in [-0.4, -0.2) is 33.1 Å². The normalized spacial score (nSPS) is 20.2. The van der Waals surface area contributed by atoms with Crippen LogP contribution in [0.5, 0.6) is 0 Å². The third-order valence-corrected chi connectivity index (χ3v) is 4.58. The smallest absolute Gasteiger partial charge is 0.229 e. The number of thiazole rings is 1. The van der Waals surface area contributed by atoms with E-state index in [0.29, 0.717) is 11.0 Å². The molecule has 0 aromatic carbocycles. The van der Waals surface area contributed by atoms with Gasteiger partial charge in [-0.1, -0.05) is 19.0 Å². The molecule has 6 nitrogen and oxygen atoms in total. The minimum absolute atomic E-state index is 0.283. The fourth-order valence-electron chi connectivity index (χ4n) is 2.67. The first kappa shape index (κ1) is 14.5. The summed E-state index contributed by atoms with van der Waals surface area (Å²) in [5.74, 6) is 2.23. The molecule has 1 fully saturated rings. The van der Waals surface area contributed by atoms with Crippen molar-refractivity contribution < 1.29 is 4.52 Å². The number of nitrogen functional groups attached to an aromatic ring is 1. The van der Waals surface area contributed by atoms with Crippen LogP contribution in [0.25, 0.3) is 0 Å². The SMILES string of the molecule is CC(C)c1nc(C2CCCN(Cc3cnc(N)s3)C2)no1. The lowest BCUT2D eigenvalue weighted by Crippen LogP contribution is -2.34. The number of hydrogen-bond acceptors (Lipinski definition) is 7. The van der Waals surface area contributed by atoms with Gasteiger partial charge in [0.2, 0.25) is 5.89 Å². The molecule has 2 aromatic rings. The van der Waals surface area contributed by atoms with Gasteiger partial charge < -0.3 is 10.3 Å². The Bertz CT molecular complexity index is 594. The Morgan fingerprint density at radius 1 is 1.52 bits per heavy atom. The van der Waals surface area contributed by atoms with E-state index in [0.717, 1.165) is 44.2 Å². The molecule has 1 unspecified atom stereocenters. The zero-order valence-corrected chi connectivity index (χ0v) is 13.3. The Balaban J connectivity index is 1.64. The number of anilines is 1. The number of aromatic nitrogens is 3. The predicted molar refractivity (Wildman–Crippen MR) is 82.2 cm³/mol. The molecule has 2 N–H and O–H groups in total. The number of nitrogens with two attached hydrogens (primary N) is 1. The van der Waals surface area contributed by atoms with Crippen LogP contribution in [0.3, 0.4) is 0 Å². The van der Waals surface area contributed by atoms with Crippen molar-refractivity contribution in [3.05, 3.63) is 22.8 Å². The third-order valence-electron chi connectivity index (χ3n) is 3.77. The quantitative estimate of drug-likeness (QED) is 0.935. The average Bonchev–Trinajstić information content (AvgIpc) is 3.08. The van der Waals surface area contributed by atoms with Crippen LogP contribution in [0.2, 0.25) is 0 Å². The van der Waals surface area contributed by atoms with Gasteiger partial charge in [0.05, 0.1) is 0 Å². The molecular formula is C14H21N5OS. The van der Waals surface area contributed by atoms with Crippen LogP contribution in [0, 0.1) is 0 Å². The number of likely N-dealkylation sites (tertiary alicyclic amines) is 1. The zero-order chi connectivity index (χ0) is 14.8. The van der Waals surface area contributed by atoms with Gasteiger partial charge in [-0.25, -0.2) is 4.98 Å². The lowest BCUT2D eigenvalue weighted by atomic mass is 9.97. The number of rotatable bonds is 4. The molecule has 1 atom stereocenters. The third kappa shape index (κ3) is 3.41. The molecule has 1 aliphatic heterocycles. The van der Waals surface area contributed by atoms with E-state index in [1.165, 1.54) is 4.88 Å². The van der Waals surface area contributed by atoms with Crippen molar-refractivity contribution in [3.63, 3.8) is 0 Å². The van der Waals surface area contributed by atoms with Gasteiger partial charge >= 0.3 is 0 Å². The minimum atomic E-state index is 0.283. The number of hydrogen-bond donors (Lipinski definition) is 1. The summed E-state index contributed by atoms with van der Waals surface area (Å²) in [6, 6.07) is 0. The van der Waals surface area contributed by atoms with Gasteiger partial charge in [0.1, 0.15) is 0 Å². The summed E-state index contributed by atoms with van der Waals surface area (Å²) >= 11 is 1.56. The summed E-state index contributed by atoms with van der Waals surface area (Å²) < 4.78 is 5.33. The molecule has 0 spiro atoms. The molecule has 2 aromatic heterocycles. The van der Waals surface area contributed by atoms with E-state index in [2.05, 4.69) is 33.9 Å². The second-order valence-electron chi connectivity index (χ2n) is 5.88. The van der Waals surface area contributed by atoms with E-state index in [1.54, 1.807) is 11.3 Å². The summed E-state index contributed by atoms with van der Waals surface area (Å²) in [7, 11) is 0. The topological polar surface area (TPSA) is 81.1 Å². The largest absolute Gasteiger partial charge is 0.375 e.